The van der Waals surface area contributed by atoms with Crippen molar-refractivity contribution in [2.75, 3.05) is 18.1 Å². The summed E-state index contributed by atoms with van der Waals surface area (Å²) in [7, 11) is 0. The molecule has 1 amide bonds. The summed E-state index contributed by atoms with van der Waals surface area (Å²) in [6.07, 6.45) is 1.87. The molecule has 0 aliphatic carbocycles. The van der Waals surface area contributed by atoms with E-state index in [4.69, 9.17) is 10.5 Å². The highest BCUT2D eigenvalue weighted by atomic mass is 16.6. The van der Waals surface area contributed by atoms with Crippen molar-refractivity contribution < 1.29 is 24.9 Å². The van der Waals surface area contributed by atoms with E-state index in [-0.39, 0.29) is 0 Å². The molecular formula is C17H22N6O5. The summed E-state index contributed by atoms with van der Waals surface area (Å²) < 4.78 is 7.11. The molecule has 5 atom stereocenters. The molecule has 1 unspecified atom stereocenters. The largest absolute Gasteiger partial charge is 0.394 e. The van der Waals surface area contributed by atoms with Gasteiger partial charge < -0.3 is 30.7 Å². The van der Waals surface area contributed by atoms with Gasteiger partial charge in [-0.3, -0.25) is 9.36 Å². The van der Waals surface area contributed by atoms with Gasteiger partial charge in [0.25, 0.3) is 0 Å². The highest BCUT2D eigenvalue weighted by molar-refractivity contribution is 5.89. The predicted molar refractivity (Wildman–Crippen MR) is 97.0 cm³/mol. The number of aliphatic hydroxyl groups excluding tert-OH is 2. The van der Waals surface area contributed by atoms with Crippen molar-refractivity contribution in [3.05, 3.63) is 25.3 Å². The second-order valence-corrected chi connectivity index (χ2v) is 7.02. The van der Waals surface area contributed by atoms with Crippen LogP contribution in [0.15, 0.2) is 25.3 Å². The van der Waals surface area contributed by atoms with Crippen LogP contribution >= 0.6 is 0 Å². The van der Waals surface area contributed by atoms with Gasteiger partial charge >= 0.3 is 0 Å². The molecule has 2 aliphatic rings. The lowest BCUT2D eigenvalue weighted by Crippen LogP contribution is -2.45. The van der Waals surface area contributed by atoms with Crippen LogP contribution in [0.1, 0.15) is 19.1 Å². The van der Waals surface area contributed by atoms with E-state index in [0.717, 1.165) is 6.42 Å². The fraction of sp³-hybridized carbons (Fsp3) is 0.529. The maximum absolute atomic E-state index is 11.8. The van der Waals surface area contributed by atoms with Gasteiger partial charge in [-0.15, -0.1) is 0 Å². The van der Waals surface area contributed by atoms with E-state index in [1.54, 1.807) is 4.90 Å². The number of nitrogens with two attached hydrogens (primary N) is 1. The number of amides is 1. The van der Waals surface area contributed by atoms with E-state index in [2.05, 4.69) is 21.5 Å². The zero-order valence-corrected chi connectivity index (χ0v) is 15.0. The van der Waals surface area contributed by atoms with Gasteiger partial charge in [0.1, 0.15) is 24.6 Å². The summed E-state index contributed by atoms with van der Waals surface area (Å²) in [5, 5.41) is 30.7. The van der Waals surface area contributed by atoms with Crippen LogP contribution in [0.4, 0.5) is 5.82 Å². The molecule has 2 aliphatic heterocycles. The Labute approximate surface area is 160 Å². The average Bonchev–Trinajstić information content (AvgIpc) is 3.39. The quantitative estimate of drug-likeness (QED) is 0.443. The Bertz CT molecular complexity index is 919. The Morgan fingerprint density at radius 2 is 2.25 bits per heavy atom. The number of carbonyl (C=O) groups excluding carboxylic acids is 1. The first-order valence-corrected chi connectivity index (χ1v) is 8.96. The van der Waals surface area contributed by atoms with Gasteiger partial charge in [0.2, 0.25) is 5.91 Å². The molecule has 28 heavy (non-hydrogen) atoms. The van der Waals surface area contributed by atoms with Crippen molar-refractivity contribution in [3.8, 4) is 0 Å². The number of primary amides is 1. The topological polar surface area (TPSA) is 160 Å². The van der Waals surface area contributed by atoms with Crippen molar-refractivity contribution in [1.82, 2.24) is 19.5 Å². The van der Waals surface area contributed by atoms with Crippen molar-refractivity contribution >= 4 is 22.9 Å². The van der Waals surface area contributed by atoms with Crippen LogP contribution < -0.4 is 10.6 Å². The summed E-state index contributed by atoms with van der Waals surface area (Å²) in [4.78, 5) is 26.4. The molecule has 11 heteroatoms. The van der Waals surface area contributed by atoms with E-state index in [1.807, 2.05) is 0 Å². The first-order valence-electron chi connectivity index (χ1n) is 8.96. The second-order valence-electron chi connectivity index (χ2n) is 7.02. The Hall–Kier alpha value is -2.60. The van der Waals surface area contributed by atoms with Gasteiger partial charge in [-0.25, -0.2) is 15.0 Å². The standard InChI is InChI=1S/C17H22N6O5/c1-2-17(27)12(25)10(6-24)28-16(17)23-8-21-11-14(19-7-20-15(11)23)22-5-3-4-9(22)13(18)26/h2,7-10,12,16,24-25,27H,1,3-6H2,(H2,18,26)/t9?,10-,12-,16-,17-/m1/s1. The van der Waals surface area contributed by atoms with Crippen LogP contribution in [-0.4, -0.2) is 77.7 Å². The lowest BCUT2D eigenvalue weighted by molar-refractivity contribution is -0.119. The number of hydrogen-bond donors (Lipinski definition) is 4. The molecule has 0 bridgehead atoms. The normalized spacial score (nSPS) is 32.9. The zero-order valence-electron chi connectivity index (χ0n) is 15.0. The molecule has 2 saturated heterocycles. The van der Waals surface area contributed by atoms with Gasteiger partial charge in [-0.2, -0.15) is 0 Å². The number of carbonyl (C=O) groups is 1. The average molecular weight is 390 g/mol. The lowest BCUT2D eigenvalue weighted by Gasteiger charge is -2.28. The number of rotatable bonds is 5. The summed E-state index contributed by atoms with van der Waals surface area (Å²) in [5.41, 5.74) is 4.41. The second kappa shape index (κ2) is 6.78. The summed E-state index contributed by atoms with van der Waals surface area (Å²) in [6, 6.07) is -0.475. The SMILES string of the molecule is C=C[C@@]1(O)[C@H](O)[C@@H](CO)O[C@H]1n1cnc2c(N3CCCC3C(N)=O)ncnc21. The summed E-state index contributed by atoms with van der Waals surface area (Å²) in [6.45, 7) is 3.71. The van der Waals surface area contributed by atoms with Gasteiger partial charge in [-0.1, -0.05) is 12.7 Å². The number of imidazole rings is 1. The highest BCUT2D eigenvalue weighted by Crippen LogP contribution is 2.41. The third-order valence-corrected chi connectivity index (χ3v) is 5.48. The fourth-order valence-electron chi connectivity index (χ4n) is 3.98. The van der Waals surface area contributed by atoms with E-state index >= 15 is 0 Å². The molecule has 4 rings (SSSR count). The minimum atomic E-state index is -1.85. The third kappa shape index (κ3) is 2.58. The minimum Gasteiger partial charge on any atom is -0.394 e. The molecule has 2 aromatic rings. The van der Waals surface area contributed by atoms with E-state index in [9.17, 15) is 20.1 Å². The molecule has 0 radical (unpaired) electrons. The van der Waals surface area contributed by atoms with Crippen LogP contribution in [0.3, 0.4) is 0 Å². The molecule has 0 saturated carbocycles. The summed E-state index contributed by atoms with van der Waals surface area (Å²) in [5.74, 6) is 0.0298. The molecule has 150 valence electrons. The molecule has 2 fully saturated rings. The fourth-order valence-corrected chi connectivity index (χ4v) is 3.98. The third-order valence-electron chi connectivity index (χ3n) is 5.48. The van der Waals surface area contributed by atoms with Gasteiger partial charge in [0.15, 0.2) is 28.8 Å². The predicted octanol–water partition coefficient (Wildman–Crippen LogP) is -1.55. The van der Waals surface area contributed by atoms with Crippen molar-refractivity contribution in [2.45, 2.75) is 42.9 Å². The van der Waals surface area contributed by atoms with Crippen molar-refractivity contribution in [1.29, 1.82) is 0 Å². The maximum Gasteiger partial charge on any atom is 0.240 e. The van der Waals surface area contributed by atoms with Crippen LogP contribution in [-0.2, 0) is 9.53 Å². The molecule has 4 heterocycles. The molecular weight excluding hydrogens is 368 g/mol. The Morgan fingerprint density at radius 3 is 2.93 bits per heavy atom. The Kier molecular flexibility index (Phi) is 4.54. The number of aromatic nitrogens is 4. The zero-order chi connectivity index (χ0) is 20.1. The molecule has 2 aromatic heterocycles. The van der Waals surface area contributed by atoms with Crippen LogP contribution in [0.2, 0.25) is 0 Å². The van der Waals surface area contributed by atoms with Gasteiger partial charge in [0, 0.05) is 6.54 Å². The lowest BCUT2D eigenvalue weighted by atomic mass is 9.94. The molecule has 5 N–H and O–H groups in total. The van der Waals surface area contributed by atoms with Crippen LogP contribution in [0.25, 0.3) is 11.2 Å². The number of aliphatic hydroxyl groups is 3. The highest BCUT2D eigenvalue weighted by Gasteiger charge is 2.54. The van der Waals surface area contributed by atoms with Crippen molar-refractivity contribution in [3.63, 3.8) is 0 Å². The van der Waals surface area contributed by atoms with Crippen LogP contribution in [0, 0.1) is 0 Å². The van der Waals surface area contributed by atoms with E-state index < -0.39 is 42.6 Å². The molecule has 11 nitrogen and oxygen atoms in total. The minimum absolute atomic E-state index is 0.344. The molecule has 0 spiro atoms. The first kappa shape index (κ1) is 18.7. The van der Waals surface area contributed by atoms with Crippen molar-refractivity contribution in [2.24, 2.45) is 5.73 Å². The van der Waals surface area contributed by atoms with Crippen LogP contribution in [0.5, 0.6) is 0 Å². The summed E-state index contributed by atoms with van der Waals surface area (Å²) >= 11 is 0. The first-order chi connectivity index (χ1) is 13.4. The molecule has 0 aromatic carbocycles. The number of anilines is 1. The van der Waals surface area contributed by atoms with E-state index in [0.29, 0.717) is 29.9 Å². The smallest absolute Gasteiger partial charge is 0.240 e. The number of fused-ring (bicyclic) bond motifs is 1. The Morgan fingerprint density at radius 1 is 1.46 bits per heavy atom. The Balaban J connectivity index is 1.79. The maximum atomic E-state index is 11.8. The van der Waals surface area contributed by atoms with Gasteiger partial charge in [-0.05, 0) is 12.8 Å². The van der Waals surface area contributed by atoms with E-state index in [1.165, 1.54) is 23.3 Å². The van der Waals surface area contributed by atoms with Gasteiger partial charge in [0.05, 0.1) is 12.9 Å². The monoisotopic (exact) mass is 390 g/mol. The number of hydrogen-bond acceptors (Lipinski definition) is 9. The number of nitrogens with zero attached hydrogens (tertiary/aromatic N) is 5. The number of ether oxygens (including phenoxy) is 1.